The zero-order valence-electron chi connectivity index (χ0n) is 7.18. The molecule has 0 saturated carbocycles. The molecule has 0 aliphatic heterocycles. The highest BCUT2D eigenvalue weighted by atomic mass is 16.5. The third kappa shape index (κ3) is 2.27. The molecule has 0 radical (unpaired) electrons. The van der Waals surface area contributed by atoms with Crippen molar-refractivity contribution in [2.24, 2.45) is 0 Å². The molecule has 2 nitrogen and oxygen atoms in total. The first kappa shape index (κ1) is 9.92. The van der Waals surface area contributed by atoms with Crippen LogP contribution >= 0.6 is 0 Å². The van der Waals surface area contributed by atoms with Gasteiger partial charge in [-0.2, -0.15) is 0 Å². The smallest absolute Gasteiger partial charge is 0.0695 e. The molecule has 10 heavy (non-hydrogen) atoms. The van der Waals surface area contributed by atoms with E-state index in [0.717, 1.165) is 19.3 Å². The lowest BCUT2D eigenvalue weighted by molar-refractivity contribution is -0.0340. The lowest BCUT2D eigenvalue weighted by atomic mass is 9.94. The summed E-state index contributed by atoms with van der Waals surface area (Å²) in [7, 11) is 1.71. The van der Waals surface area contributed by atoms with Crippen LogP contribution in [0.1, 0.15) is 33.1 Å². The molecule has 0 saturated heterocycles. The largest absolute Gasteiger partial charge is 0.396 e. The quantitative estimate of drug-likeness (QED) is 0.638. The Labute approximate surface area is 63.2 Å². The highest BCUT2D eigenvalue weighted by Gasteiger charge is 2.23. The van der Waals surface area contributed by atoms with Crippen molar-refractivity contribution in [3.05, 3.63) is 0 Å². The van der Waals surface area contributed by atoms with Crippen LogP contribution in [-0.2, 0) is 4.74 Å². The molecular weight excluding hydrogens is 128 g/mol. The highest BCUT2D eigenvalue weighted by Crippen LogP contribution is 2.22. The van der Waals surface area contributed by atoms with E-state index in [1.165, 1.54) is 0 Å². The van der Waals surface area contributed by atoms with Crippen molar-refractivity contribution < 1.29 is 9.84 Å². The first-order valence-corrected chi connectivity index (χ1v) is 3.90. The minimum Gasteiger partial charge on any atom is -0.396 e. The van der Waals surface area contributed by atoms with Gasteiger partial charge in [-0.05, 0) is 19.3 Å². The molecule has 0 bridgehead atoms. The fourth-order valence-corrected chi connectivity index (χ4v) is 1.20. The van der Waals surface area contributed by atoms with Crippen LogP contribution in [0.3, 0.4) is 0 Å². The molecule has 0 heterocycles. The van der Waals surface area contributed by atoms with Gasteiger partial charge in [-0.25, -0.2) is 0 Å². The molecular formula is C8H18O2. The first-order chi connectivity index (χ1) is 4.74. The van der Waals surface area contributed by atoms with E-state index in [2.05, 4.69) is 13.8 Å². The lowest BCUT2D eigenvalue weighted by Gasteiger charge is -2.29. The van der Waals surface area contributed by atoms with E-state index in [1.54, 1.807) is 7.11 Å². The molecule has 0 aromatic heterocycles. The molecule has 1 N–H and O–H groups in total. The van der Waals surface area contributed by atoms with Crippen molar-refractivity contribution >= 4 is 0 Å². The van der Waals surface area contributed by atoms with Crippen LogP contribution in [0, 0.1) is 0 Å². The Balaban J connectivity index is 3.87. The minimum absolute atomic E-state index is 0.0747. The third-order valence-corrected chi connectivity index (χ3v) is 2.29. The normalized spacial score (nSPS) is 12.0. The Morgan fingerprint density at radius 2 is 1.80 bits per heavy atom. The minimum atomic E-state index is -0.0747. The summed E-state index contributed by atoms with van der Waals surface area (Å²) in [6, 6.07) is 0. The van der Waals surface area contributed by atoms with E-state index in [4.69, 9.17) is 9.84 Å². The zero-order valence-corrected chi connectivity index (χ0v) is 7.18. The maximum Gasteiger partial charge on any atom is 0.0695 e. The van der Waals surface area contributed by atoms with Gasteiger partial charge in [0, 0.05) is 13.7 Å². The Hall–Kier alpha value is -0.0800. The summed E-state index contributed by atoms with van der Waals surface area (Å²) in [6.45, 7) is 4.39. The maximum atomic E-state index is 8.72. The average molecular weight is 146 g/mol. The van der Waals surface area contributed by atoms with Crippen LogP contribution in [0.25, 0.3) is 0 Å². The van der Waals surface area contributed by atoms with Crippen LogP contribution < -0.4 is 0 Å². The fourth-order valence-electron chi connectivity index (χ4n) is 1.20. The summed E-state index contributed by atoms with van der Waals surface area (Å²) in [5, 5.41) is 8.72. The van der Waals surface area contributed by atoms with Gasteiger partial charge in [0.2, 0.25) is 0 Å². The molecule has 0 amide bonds. The Morgan fingerprint density at radius 3 is 1.90 bits per heavy atom. The summed E-state index contributed by atoms with van der Waals surface area (Å²) < 4.78 is 5.32. The van der Waals surface area contributed by atoms with Crippen molar-refractivity contribution in [2.75, 3.05) is 13.7 Å². The zero-order chi connectivity index (χ0) is 8.04. The summed E-state index contributed by atoms with van der Waals surface area (Å²) >= 11 is 0. The van der Waals surface area contributed by atoms with Gasteiger partial charge in [-0.3, -0.25) is 0 Å². The Kier molecular flexibility index (Phi) is 4.65. The van der Waals surface area contributed by atoms with E-state index in [9.17, 15) is 0 Å². The van der Waals surface area contributed by atoms with Gasteiger partial charge in [-0.15, -0.1) is 0 Å². The monoisotopic (exact) mass is 146 g/mol. The van der Waals surface area contributed by atoms with Crippen LogP contribution in [0.4, 0.5) is 0 Å². The number of ether oxygens (including phenoxy) is 1. The molecule has 62 valence electrons. The first-order valence-electron chi connectivity index (χ1n) is 3.90. The number of aliphatic hydroxyl groups is 1. The van der Waals surface area contributed by atoms with Crippen LogP contribution in [0.15, 0.2) is 0 Å². The van der Waals surface area contributed by atoms with Gasteiger partial charge in [0.15, 0.2) is 0 Å². The molecule has 0 aromatic carbocycles. The van der Waals surface area contributed by atoms with Crippen LogP contribution in [0.5, 0.6) is 0 Å². The molecule has 0 atom stereocenters. The molecule has 2 heteroatoms. The highest BCUT2D eigenvalue weighted by molar-refractivity contribution is 4.76. The predicted molar refractivity (Wildman–Crippen MR) is 42.0 cm³/mol. The number of aliphatic hydroxyl groups excluding tert-OH is 1. The maximum absolute atomic E-state index is 8.72. The van der Waals surface area contributed by atoms with E-state index in [1.807, 2.05) is 0 Å². The second-order valence-electron chi connectivity index (χ2n) is 2.57. The molecule has 0 unspecified atom stereocenters. The van der Waals surface area contributed by atoms with E-state index < -0.39 is 0 Å². The molecule has 0 aliphatic rings. The topological polar surface area (TPSA) is 29.5 Å². The van der Waals surface area contributed by atoms with Gasteiger partial charge in [0.1, 0.15) is 0 Å². The lowest BCUT2D eigenvalue weighted by Crippen LogP contribution is -2.30. The molecule has 0 spiro atoms. The molecule has 0 fully saturated rings. The fraction of sp³-hybridized carbons (Fsp3) is 1.00. The molecule has 0 aliphatic carbocycles. The van der Waals surface area contributed by atoms with Gasteiger partial charge < -0.3 is 9.84 Å². The van der Waals surface area contributed by atoms with Gasteiger partial charge in [0.25, 0.3) is 0 Å². The summed E-state index contributed by atoms with van der Waals surface area (Å²) in [6.07, 6.45) is 2.69. The van der Waals surface area contributed by atoms with Gasteiger partial charge in [0.05, 0.1) is 5.60 Å². The van der Waals surface area contributed by atoms with E-state index in [0.29, 0.717) is 0 Å². The van der Waals surface area contributed by atoms with Crippen LogP contribution in [0.2, 0.25) is 0 Å². The van der Waals surface area contributed by atoms with Crippen LogP contribution in [-0.4, -0.2) is 24.4 Å². The second-order valence-corrected chi connectivity index (χ2v) is 2.57. The predicted octanol–water partition coefficient (Wildman–Crippen LogP) is 1.57. The van der Waals surface area contributed by atoms with Crippen molar-refractivity contribution in [3.8, 4) is 0 Å². The van der Waals surface area contributed by atoms with Crippen molar-refractivity contribution in [1.82, 2.24) is 0 Å². The van der Waals surface area contributed by atoms with E-state index in [-0.39, 0.29) is 12.2 Å². The SMILES string of the molecule is CCC(CC)(CCO)OC. The average Bonchev–Trinajstić information content (AvgIpc) is 2.01. The van der Waals surface area contributed by atoms with Gasteiger partial charge >= 0.3 is 0 Å². The van der Waals surface area contributed by atoms with Crippen molar-refractivity contribution in [2.45, 2.75) is 38.7 Å². The summed E-state index contributed by atoms with van der Waals surface area (Å²) in [5.74, 6) is 0. The summed E-state index contributed by atoms with van der Waals surface area (Å²) in [5.41, 5.74) is -0.0747. The Morgan fingerprint density at radius 1 is 1.30 bits per heavy atom. The number of methoxy groups -OCH3 is 1. The molecule has 0 rings (SSSR count). The number of rotatable bonds is 5. The number of hydrogen-bond donors (Lipinski definition) is 1. The van der Waals surface area contributed by atoms with Gasteiger partial charge in [-0.1, -0.05) is 13.8 Å². The summed E-state index contributed by atoms with van der Waals surface area (Å²) in [4.78, 5) is 0. The van der Waals surface area contributed by atoms with Crippen molar-refractivity contribution in [1.29, 1.82) is 0 Å². The molecule has 0 aromatic rings. The number of hydrogen-bond acceptors (Lipinski definition) is 2. The van der Waals surface area contributed by atoms with E-state index >= 15 is 0 Å². The second kappa shape index (κ2) is 4.69. The third-order valence-electron chi connectivity index (χ3n) is 2.29. The standard InChI is InChI=1S/C8H18O2/c1-4-8(5-2,10-3)6-7-9/h9H,4-7H2,1-3H3. The van der Waals surface area contributed by atoms with Crippen molar-refractivity contribution in [3.63, 3.8) is 0 Å². The Bertz CT molecular complexity index is 69.1.